The third-order valence-corrected chi connectivity index (χ3v) is 9.70. The largest absolute Gasteiger partial charge is 0.379 e. The first-order valence-corrected chi connectivity index (χ1v) is 23.1. The van der Waals surface area contributed by atoms with Crippen LogP contribution in [0.25, 0.3) is 0 Å². The normalized spacial score (nSPS) is 12.7. The molecule has 0 aliphatic carbocycles. The van der Waals surface area contributed by atoms with Crippen LogP contribution in [0.5, 0.6) is 0 Å². The Bertz CT molecular complexity index is 1080. The molecular weight excluding hydrogens is 774 g/mol. The van der Waals surface area contributed by atoms with Gasteiger partial charge >= 0.3 is 0 Å². The van der Waals surface area contributed by atoms with Crippen LogP contribution in [0.2, 0.25) is 0 Å². The molecule has 0 radical (unpaired) electrons. The number of fused-ring (bicyclic) bond motifs is 1. The number of amides is 2. The van der Waals surface area contributed by atoms with Gasteiger partial charge in [0.15, 0.2) is 0 Å². The summed E-state index contributed by atoms with van der Waals surface area (Å²) in [6, 6.07) is 6.83. The number of unbranched alkanes of at least 4 members (excludes halogenated alkanes) is 13. The first-order chi connectivity index (χ1) is 29.8. The van der Waals surface area contributed by atoms with E-state index in [1.807, 2.05) is 0 Å². The first kappa shape index (κ1) is 54.1. The lowest BCUT2D eigenvalue weighted by Gasteiger charge is -2.13. The molecule has 1 aromatic carbocycles. The molecule has 14 heteroatoms. The van der Waals surface area contributed by atoms with Crippen molar-refractivity contribution >= 4 is 11.8 Å². The Morgan fingerprint density at radius 3 is 0.833 bits per heavy atom. The number of imide groups is 1. The highest BCUT2D eigenvalue weighted by Gasteiger charge is 2.34. The molecule has 1 aliphatic heterocycles. The zero-order chi connectivity index (χ0) is 42.7. The van der Waals surface area contributed by atoms with Crippen molar-refractivity contribution in [1.82, 2.24) is 4.90 Å². The van der Waals surface area contributed by atoms with Gasteiger partial charge in [0.05, 0.1) is 156 Å². The summed E-state index contributed by atoms with van der Waals surface area (Å²) < 4.78 is 60.9. The van der Waals surface area contributed by atoms with Gasteiger partial charge in [0.2, 0.25) is 0 Å². The fourth-order valence-electron chi connectivity index (χ4n) is 6.30. The van der Waals surface area contributed by atoms with E-state index in [0.717, 1.165) is 13.0 Å². The Labute approximate surface area is 361 Å². The van der Waals surface area contributed by atoms with Crippen LogP contribution in [0.1, 0.15) is 118 Å². The molecule has 2 amide bonds. The van der Waals surface area contributed by atoms with Crippen molar-refractivity contribution in [2.45, 2.75) is 96.8 Å². The maximum atomic E-state index is 12.3. The average molecular weight is 856 g/mol. The summed E-state index contributed by atoms with van der Waals surface area (Å²) in [4.78, 5) is 25.9. The van der Waals surface area contributed by atoms with Gasteiger partial charge < -0.3 is 52.1 Å². The molecule has 0 fully saturated rings. The molecule has 0 saturated heterocycles. The molecule has 0 N–H and O–H groups in total. The van der Waals surface area contributed by atoms with Gasteiger partial charge in [0.1, 0.15) is 0 Å². The highest BCUT2D eigenvalue weighted by molar-refractivity contribution is 6.21. The highest BCUT2D eigenvalue weighted by atomic mass is 16.6. The summed E-state index contributed by atoms with van der Waals surface area (Å²) in [6.07, 6.45) is 19.2. The Morgan fingerprint density at radius 1 is 0.317 bits per heavy atom. The van der Waals surface area contributed by atoms with Gasteiger partial charge in [-0.05, 0) is 18.6 Å². The van der Waals surface area contributed by atoms with Gasteiger partial charge in [0, 0.05) is 6.61 Å². The topological polar surface area (TPSA) is 139 Å². The number of hydrogen-bond donors (Lipinski definition) is 0. The molecule has 2 rings (SSSR count). The van der Waals surface area contributed by atoms with Crippen molar-refractivity contribution < 1.29 is 61.7 Å². The van der Waals surface area contributed by atoms with Crippen LogP contribution in [0.4, 0.5) is 0 Å². The lowest BCUT2D eigenvalue weighted by atomic mass is 10.0. The van der Waals surface area contributed by atoms with Crippen LogP contribution in [-0.4, -0.2) is 169 Å². The van der Waals surface area contributed by atoms with E-state index in [0.29, 0.717) is 143 Å². The van der Waals surface area contributed by atoms with Crippen molar-refractivity contribution in [1.29, 1.82) is 0 Å². The van der Waals surface area contributed by atoms with E-state index in [2.05, 4.69) is 6.92 Å². The number of ether oxygens (including phenoxy) is 11. The number of hydrogen-bond acceptors (Lipinski definition) is 13. The summed E-state index contributed by atoms with van der Waals surface area (Å²) in [5.41, 5.74) is 0.888. The van der Waals surface area contributed by atoms with Gasteiger partial charge in [-0.2, -0.15) is 0 Å². The molecule has 1 aromatic rings. The Balaban J connectivity index is 1.13. The van der Waals surface area contributed by atoms with E-state index in [-0.39, 0.29) is 25.0 Å². The summed E-state index contributed by atoms with van der Waals surface area (Å²) >= 11 is 0. The fraction of sp³-hybridized carbons (Fsp3) is 0.826. The van der Waals surface area contributed by atoms with Crippen LogP contribution < -0.4 is 0 Å². The maximum Gasteiger partial charge on any atom is 0.261 e. The minimum absolute atomic E-state index is 0.215. The maximum absolute atomic E-state index is 12.3. The third-order valence-electron chi connectivity index (χ3n) is 9.70. The molecular formula is C46H81NO13. The first-order valence-electron chi connectivity index (χ1n) is 23.1. The second-order valence-corrected chi connectivity index (χ2v) is 14.6. The summed E-state index contributed by atoms with van der Waals surface area (Å²) in [5.74, 6) is -0.551. The van der Waals surface area contributed by atoms with Gasteiger partial charge in [-0.3, -0.25) is 14.5 Å². The zero-order valence-electron chi connectivity index (χ0n) is 37.2. The van der Waals surface area contributed by atoms with Crippen molar-refractivity contribution in [3.05, 3.63) is 35.4 Å². The molecule has 0 spiro atoms. The minimum Gasteiger partial charge on any atom is -0.379 e. The van der Waals surface area contributed by atoms with E-state index in [1.54, 1.807) is 24.3 Å². The van der Waals surface area contributed by atoms with E-state index in [9.17, 15) is 9.59 Å². The molecule has 1 aliphatic rings. The molecule has 0 atom stereocenters. The van der Waals surface area contributed by atoms with Crippen LogP contribution in [0, 0.1) is 0 Å². The van der Waals surface area contributed by atoms with E-state index in [1.165, 1.54) is 88.4 Å². The number of nitrogens with zero attached hydrogens (tertiary/aromatic N) is 1. The minimum atomic E-state index is -0.276. The molecule has 348 valence electrons. The Hall–Kier alpha value is -2.08. The summed E-state index contributed by atoms with van der Waals surface area (Å²) in [5, 5.41) is 0. The lowest BCUT2D eigenvalue weighted by Crippen LogP contribution is -2.33. The van der Waals surface area contributed by atoms with Crippen LogP contribution >= 0.6 is 0 Å². The van der Waals surface area contributed by atoms with Gasteiger partial charge in [-0.15, -0.1) is 0 Å². The van der Waals surface area contributed by atoms with Crippen molar-refractivity contribution in [3.8, 4) is 0 Å². The van der Waals surface area contributed by atoms with Gasteiger partial charge in [-0.1, -0.05) is 103 Å². The Kier molecular flexibility index (Phi) is 38.0. The van der Waals surface area contributed by atoms with Gasteiger partial charge in [0.25, 0.3) is 11.8 Å². The number of rotatable bonds is 48. The smallest absolute Gasteiger partial charge is 0.261 e. The second kappa shape index (κ2) is 42.2. The van der Waals surface area contributed by atoms with Crippen LogP contribution in [0.15, 0.2) is 24.3 Å². The number of benzene rings is 1. The van der Waals surface area contributed by atoms with Gasteiger partial charge in [-0.25, -0.2) is 0 Å². The molecule has 60 heavy (non-hydrogen) atoms. The predicted octanol–water partition coefficient (Wildman–Crippen LogP) is 6.95. The van der Waals surface area contributed by atoms with Crippen LogP contribution in [0.3, 0.4) is 0 Å². The molecule has 0 unspecified atom stereocenters. The molecule has 14 nitrogen and oxygen atoms in total. The molecule has 0 saturated carbocycles. The standard InChI is InChI=1S/C46H81NO13/c1-2-3-4-5-6-7-8-9-10-11-12-13-14-17-21-50-23-25-52-27-29-54-31-33-56-35-37-58-39-41-60-42-40-59-38-36-57-34-32-55-30-28-53-26-24-51-22-20-47-45(48)43-18-15-16-19-44(43)46(47)49/h15-16,18-19H,2-14,17,20-42H2,1H3. The van der Waals surface area contributed by atoms with E-state index < -0.39 is 0 Å². The predicted molar refractivity (Wildman–Crippen MR) is 231 cm³/mol. The third kappa shape index (κ3) is 30.9. The van der Waals surface area contributed by atoms with Crippen molar-refractivity contribution in [2.75, 3.05) is 152 Å². The van der Waals surface area contributed by atoms with E-state index in [4.69, 9.17) is 52.1 Å². The van der Waals surface area contributed by atoms with Crippen molar-refractivity contribution in [3.63, 3.8) is 0 Å². The van der Waals surface area contributed by atoms with Crippen molar-refractivity contribution in [2.24, 2.45) is 0 Å². The highest BCUT2D eigenvalue weighted by Crippen LogP contribution is 2.22. The molecule has 1 heterocycles. The average Bonchev–Trinajstić information content (AvgIpc) is 3.50. The molecule has 0 aromatic heterocycles. The van der Waals surface area contributed by atoms with E-state index >= 15 is 0 Å². The quantitative estimate of drug-likeness (QED) is 0.0494. The summed E-state index contributed by atoms with van der Waals surface area (Å²) in [6.45, 7) is 13.6. The zero-order valence-corrected chi connectivity index (χ0v) is 37.2. The summed E-state index contributed by atoms with van der Waals surface area (Å²) in [7, 11) is 0. The Morgan fingerprint density at radius 2 is 0.550 bits per heavy atom. The molecule has 0 bridgehead atoms. The van der Waals surface area contributed by atoms with Crippen LogP contribution in [-0.2, 0) is 52.1 Å². The lowest BCUT2D eigenvalue weighted by molar-refractivity contribution is -0.0276. The number of carbonyl (C=O) groups is 2. The second-order valence-electron chi connectivity index (χ2n) is 14.6. The monoisotopic (exact) mass is 856 g/mol. The number of carbonyl (C=O) groups excluding carboxylic acids is 2. The fourth-order valence-corrected chi connectivity index (χ4v) is 6.30. The SMILES string of the molecule is CCCCCCCCCCCCCCCCOCCOCCOCCOCCOCCOCCOCCOCCOCCOCCOCCN1C(=O)c2ccccc2C1=O.